The second-order valence-corrected chi connectivity index (χ2v) is 11.1. The van der Waals surface area contributed by atoms with Gasteiger partial charge in [0.15, 0.2) is 5.96 Å². The molecule has 1 saturated carbocycles. The molecule has 15 nitrogen and oxygen atoms in total. The Morgan fingerprint density at radius 1 is 0.942 bits per heavy atom. The number of aryl methyl sites for hydroxylation is 1. The summed E-state index contributed by atoms with van der Waals surface area (Å²) in [6, 6.07) is 10.9. The molecular formula is C31H35F6N7O8. The number of ether oxygens (including phenoxy) is 1. The fourth-order valence-corrected chi connectivity index (χ4v) is 4.68. The number of guanidine groups is 1. The van der Waals surface area contributed by atoms with E-state index < -0.39 is 42.2 Å². The number of carboxylic acids is 2. The topological polar surface area (TPSA) is 252 Å². The molecule has 1 amide bonds. The van der Waals surface area contributed by atoms with Crippen molar-refractivity contribution < 1.29 is 65.6 Å². The number of esters is 1. The second kappa shape index (κ2) is 18.4. The number of nitrogens with zero attached hydrogens (tertiary/aromatic N) is 3. The normalized spacial score (nSPS) is 16.1. The molecule has 9 N–H and O–H groups in total. The predicted octanol–water partition coefficient (Wildman–Crippen LogP) is 3.42. The number of aromatic nitrogens is 2. The molecule has 4 rings (SSSR count). The van der Waals surface area contributed by atoms with E-state index in [0.29, 0.717) is 11.3 Å². The van der Waals surface area contributed by atoms with E-state index in [2.05, 4.69) is 25.6 Å². The van der Waals surface area contributed by atoms with Crippen LogP contribution in [0.1, 0.15) is 47.4 Å². The van der Waals surface area contributed by atoms with Gasteiger partial charge in [-0.25, -0.2) is 29.3 Å². The summed E-state index contributed by atoms with van der Waals surface area (Å²) >= 11 is 0. The zero-order chi connectivity index (χ0) is 39.4. The van der Waals surface area contributed by atoms with Crippen molar-refractivity contribution in [2.24, 2.45) is 16.5 Å². The number of aliphatic carboxylic acids is 2. The van der Waals surface area contributed by atoms with Crippen molar-refractivity contribution in [2.75, 3.05) is 12.4 Å². The highest BCUT2D eigenvalue weighted by atomic mass is 19.4. The maximum absolute atomic E-state index is 13.3. The number of carbonyl (C=O) groups is 4. The van der Waals surface area contributed by atoms with Gasteiger partial charge < -0.3 is 42.2 Å². The SMILES string of the molecule is COC(=O)C(Cc1ccc(O)cc1)NC(=O)c1nc(NC2CCCCC2N=C(N)N)c2cc(C)ccc2n1.O=C(O)C(F)(F)F.O=C(O)C(F)(F)F. The van der Waals surface area contributed by atoms with Gasteiger partial charge in [0, 0.05) is 11.8 Å². The number of hydrogen-bond acceptors (Lipinski definition) is 10. The van der Waals surface area contributed by atoms with E-state index >= 15 is 0 Å². The molecule has 1 fully saturated rings. The van der Waals surface area contributed by atoms with Crippen LogP contribution in [0.5, 0.6) is 5.75 Å². The number of fused-ring (bicyclic) bond motifs is 1. The van der Waals surface area contributed by atoms with E-state index in [1.54, 1.807) is 12.1 Å². The molecule has 2 aromatic carbocycles. The van der Waals surface area contributed by atoms with Gasteiger partial charge in [-0.05, 0) is 49.6 Å². The second-order valence-electron chi connectivity index (χ2n) is 11.1. The number of phenols is 1. The third kappa shape index (κ3) is 13.4. The van der Waals surface area contributed by atoms with Gasteiger partial charge in [0.2, 0.25) is 5.82 Å². The number of rotatable bonds is 8. The van der Waals surface area contributed by atoms with E-state index in [-0.39, 0.29) is 36.0 Å². The molecule has 0 radical (unpaired) electrons. The maximum Gasteiger partial charge on any atom is 0.490 e. The molecule has 3 unspecified atom stereocenters. The molecule has 1 aromatic heterocycles. The van der Waals surface area contributed by atoms with Gasteiger partial charge in [0.1, 0.15) is 17.6 Å². The van der Waals surface area contributed by atoms with Crippen molar-refractivity contribution in [3.63, 3.8) is 0 Å². The molecule has 3 atom stereocenters. The number of benzene rings is 2. The first kappa shape index (κ1) is 42.3. The molecule has 52 heavy (non-hydrogen) atoms. The fourth-order valence-electron chi connectivity index (χ4n) is 4.68. The largest absolute Gasteiger partial charge is 0.508 e. The van der Waals surface area contributed by atoms with Crippen molar-refractivity contribution in [1.29, 1.82) is 0 Å². The summed E-state index contributed by atoms with van der Waals surface area (Å²) in [4.78, 5) is 57.0. The summed E-state index contributed by atoms with van der Waals surface area (Å²) in [6.07, 6.45) is -6.28. The van der Waals surface area contributed by atoms with Gasteiger partial charge in [-0.2, -0.15) is 26.3 Å². The van der Waals surface area contributed by atoms with Crippen molar-refractivity contribution in [3.05, 3.63) is 59.4 Å². The number of amides is 1. The molecule has 0 saturated heterocycles. The number of halogens is 6. The molecule has 1 aliphatic rings. The Balaban J connectivity index is 0.000000564. The number of anilines is 1. The molecule has 0 bridgehead atoms. The van der Waals surface area contributed by atoms with Gasteiger partial charge in [0.25, 0.3) is 5.91 Å². The maximum atomic E-state index is 13.3. The molecule has 284 valence electrons. The van der Waals surface area contributed by atoms with Gasteiger partial charge in [-0.15, -0.1) is 0 Å². The Kier molecular flexibility index (Phi) is 14.9. The highest BCUT2D eigenvalue weighted by Crippen LogP contribution is 2.28. The van der Waals surface area contributed by atoms with E-state index in [1.165, 1.54) is 19.2 Å². The van der Waals surface area contributed by atoms with Crippen LogP contribution in [0.2, 0.25) is 0 Å². The van der Waals surface area contributed by atoms with Crippen LogP contribution in [0.4, 0.5) is 32.2 Å². The van der Waals surface area contributed by atoms with Crippen LogP contribution in [0.15, 0.2) is 47.5 Å². The Hall–Kier alpha value is -5.89. The number of carboxylic acid groups (broad SMARTS) is 2. The highest BCUT2D eigenvalue weighted by molar-refractivity contribution is 5.98. The number of phenolic OH excluding ortho intramolecular Hbond substituents is 1. The summed E-state index contributed by atoms with van der Waals surface area (Å²) in [7, 11) is 1.26. The number of hydrogen-bond donors (Lipinski definition) is 7. The summed E-state index contributed by atoms with van der Waals surface area (Å²) in [6.45, 7) is 1.97. The molecule has 1 aliphatic carbocycles. The lowest BCUT2D eigenvalue weighted by atomic mass is 9.90. The number of aliphatic imine (C=N–C) groups is 1. The Bertz CT molecular complexity index is 1730. The molecule has 0 aliphatic heterocycles. The summed E-state index contributed by atoms with van der Waals surface area (Å²) in [5.74, 6) is -6.18. The molecule has 1 heterocycles. The summed E-state index contributed by atoms with van der Waals surface area (Å²) in [5.41, 5.74) is 13.7. The number of carbonyl (C=O) groups excluding carboxylic acids is 2. The highest BCUT2D eigenvalue weighted by Gasteiger charge is 2.39. The lowest BCUT2D eigenvalue weighted by Gasteiger charge is -2.30. The van der Waals surface area contributed by atoms with Crippen molar-refractivity contribution >= 4 is 46.5 Å². The van der Waals surface area contributed by atoms with Gasteiger partial charge in [-0.3, -0.25) is 4.79 Å². The van der Waals surface area contributed by atoms with Crippen LogP contribution in [-0.2, 0) is 25.5 Å². The minimum absolute atomic E-state index is 0.0367. The Morgan fingerprint density at radius 2 is 1.50 bits per heavy atom. The van der Waals surface area contributed by atoms with Crippen molar-refractivity contribution in [2.45, 2.75) is 69.5 Å². The third-order valence-electron chi connectivity index (χ3n) is 7.07. The van der Waals surface area contributed by atoms with Crippen LogP contribution in [-0.4, -0.2) is 92.7 Å². The summed E-state index contributed by atoms with van der Waals surface area (Å²) in [5, 5.41) is 30.7. The first-order chi connectivity index (χ1) is 24.1. The number of nitrogens with two attached hydrogens (primary N) is 2. The van der Waals surface area contributed by atoms with E-state index in [1.807, 2.05) is 25.1 Å². The molecule has 3 aromatic rings. The van der Waals surface area contributed by atoms with Crippen molar-refractivity contribution in [3.8, 4) is 5.75 Å². The molecule has 0 spiro atoms. The molecular weight excluding hydrogens is 712 g/mol. The third-order valence-corrected chi connectivity index (χ3v) is 7.07. The standard InChI is InChI=1S/C27H33N7O4.2C2HF3O2/c1-15-7-12-19-18(13-15)23(31-20-5-3-4-6-21(20)33-27(28)29)34-24(30-19)25(36)32-22(26(37)38-2)14-16-8-10-17(35)11-9-16;2*3-2(4,5)1(6)7/h7-13,20-22,35H,3-6,14H2,1-2H3,(H,32,36)(H4,28,29,33)(H,30,31,34);2*(H,6,7). The van der Waals surface area contributed by atoms with Crippen LogP contribution in [0.25, 0.3) is 10.9 Å². The average molecular weight is 748 g/mol. The number of aromatic hydroxyl groups is 1. The van der Waals surface area contributed by atoms with Crippen LogP contribution >= 0.6 is 0 Å². The molecule has 21 heteroatoms. The Morgan fingerprint density at radius 3 is 2.02 bits per heavy atom. The first-order valence-corrected chi connectivity index (χ1v) is 15.0. The van der Waals surface area contributed by atoms with E-state index in [0.717, 1.165) is 42.2 Å². The van der Waals surface area contributed by atoms with Crippen LogP contribution in [0.3, 0.4) is 0 Å². The average Bonchev–Trinajstić information content (AvgIpc) is 3.05. The lowest BCUT2D eigenvalue weighted by Crippen LogP contribution is -2.43. The predicted molar refractivity (Wildman–Crippen MR) is 172 cm³/mol. The van der Waals surface area contributed by atoms with Gasteiger partial charge >= 0.3 is 30.3 Å². The number of methoxy groups -OCH3 is 1. The summed E-state index contributed by atoms with van der Waals surface area (Å²) < 4.78 is 68.4. The zero-order valence-electron chi connectivity index (χ0n) is 27.5. The van der Waals surface area contributed by atoms with Gasteiger partial charge in [-0.1, -0.05) is 36.6 Å². The first-order valence-electron chi connectivity index (χ1n) is 15.0. The van der Waals surface area contributed by atoms with Gasteiger partial charge in [0.05, 0.1) is 24.7 Å². The minimum Gasteiger partial charge on any atom is -0.508 e. The van der Waals surface area contributed by atoms with Crippen LogP contribution < -0.4 is 22.1 Å². The van der Waals surface area contributed by atoms with E-state index in [9.17, 15) is 41.0 Å². The number of alkyl halides is 6. The van der Waals surface area contributed by atoms with E-state index in [4.69, 9.17) is 36.0 Å². The fraction of sp³-hybridized carbons (Fsp3) is 0.387. The smallest absolute Gasteiger partial charge is 0.490 e. The Labute approximate surface area is 291 Å². The minimum atomic E-state index is -5.08. The zero-order valence-corrected chi connectivity index (χ0v) is 27.5. The van der Waals surface area contributed by atoms with Crippen molar-refractivity contribution in [1.82, 2.24) is 15.3 Å². The van der Waals surface area contributed by atoms with Crippen LogP contribution in [0, 0.1) is 6.92 Å². The monoisotopic (exact) mass is 747 g/mol. The lowest BCUT2D eigenvalue weighted by molar-refractivity contribution is -0.193. The quantitative estimate of drug-likeness (QED) is 0.0756. The number of nitrogens with one attached hydrogen (secondary N) is 2.